The highest BCUT2D eigenvalue weighted by molar-refractivity contribution is 5.96. The number of hydrogen-bond donors (Lipinski definition) is 2. The minimum atomic E-state index is -0.956. The molecule has 1 heterocycles. The van der Waals surface area contributed by atoms with Crippen molar-refractivity contribution in [3.05, 3.63) is 71.6 Å². The summed E-state index contributed by atoms with van der Waals surface area (Å²) in [7, 11) is 0. The molecule has 29 heavy (non-hydrogen) atoms. The first-order chi connectivity index (χ1) is 13.8. The maximum absolute atomic E-state index is 12.9. The van der Waals surface area contributed by atoms with Crippen LogP contribution in [0.2, 0.25) is 0 Å². The van der Waals surface area contributed by atoms with Crippen molar-refractivity contribution < 1.29 is 19.5 Å². The summed E-state index contributed by atoms with van der Waals surface area (Å²) >= 11 is 0. The highest BCUT2D eigenvalue weighted by atomic mass is 16.7. The molecule has 1 fully saturated rings. The number of amides is 1. The van der Waals surface area contributed by atoms with E-state index in [2.05, 4.69) is 12.4 Å². The van der Waals surface area contributed by atoms with Crippen LogP contribution in [0.3, 0.4) is 0 Å². The van der Waals surface area contributed by atoms with E-state index in [0.717, 1.165) is 24.0 Å². The molecule has 0 saturated carbocycles. The molecule has 1 amide bonds. The molecule has 2 N–H and O–H groups in total. The summed E-state index contributed by atoms with van der Waals surface area (Å²) in [6.45, 7) is 5.94. The van der Waals surface area contributed by atoms with E-state index in [0.29, 0.717) is 17.9 Å². The van der Waals surface area contributed by atoms with E-state index in [1.54, 1.807) is 36.9 Å². The number of unbranched alkanes of at least 4 members (excludes halogenated alkanes) is 1. The molecule has 1 saturated heterocycles. The fourth-order valence-electron chi connectivity index (χ4n) is 3.20. The fraction of sp³-hybridized carbons (Fsp3) is 0.304. The normalized spacial score (nSPS) is 17.3. The number of allylic oxidation sites excluding steroid dienone is 1. The van der Waals surface area contributed by atoms with Gasteiger partial charge in [-0.15, -0.1) is 0 Å². The van der Waals surface area contributed by atoms with Gasteiger partial charge < -0.3 is 5.11 Å². The Morgan fingerprint density at radius 3 is 2.52 bits per heavy atom. The molecule has 2 aromatic carbocycles. The molecule has 0 spiro atoms. The lowest BCUT2D eigenvalue weighted by Crippen LogP contribution is -2.56. The Morgan fingerprint density at radius 1 is 1.17 bits per heavy atom. The summed E-state index contributed by atoms with van der Waals surface area (Å²) in [5.41, 5.74) is 4.64. The topological polar surface area (TPSA) is 78.9 Å². The summed E-state index contributed by atoms with van der Waals surface area (Å²) in [5.74, 6) is -0.419. The summed E-state index contributed by atoms with van der Waals surface area (Å²) in [6.07, 6.45) is 3.76. The Hall–Kier alpha value is -3.12. The van der Waals surface area contributed by atoms with E-state index in [-0.39, 0.29) is 11.5 Å². The van der Waals surface area contributed by atoms with Crippen LogP contribution in [-0.4, -0.2) is 27.5 Å². The van der Waals surface area contributed by atoms with Gasteiger partial charge >= 0.3 is 5.97 Å². The number of carbonyl (C=O) groups excluding carboxylic acids is 1. The van der Waals surface area contributed by atoms with Crippen LogP contribution in [0.5, 0.6) is 0 Å². The van der Waals surface area contributed by atoms with Crippen LogP contribution in [-0.2, 0) is 16.2 Å². The van der Waals surface area contributed by atoms with E-state index in [9.17, 15) is 14.7 Å². The molecular weight excluding hydrogens is 368 g/mol. The van der Waals surface area contributed by atoms with E-state index in [1.807, 2.05) is 36.4 Å². The number of nitrogens with zero attached hydrogens (tertiary/aromatic N) is 1. The average Bonchev–Trinajstić information content (AvgIpc) is 2.71. The second kappa shape index (κ2) is 8.49. The molecule has 1 aliphatic heterocycles. The minimum absolute atomic E-state index is 0.112. The fourth-order valence-corrected chi connectivity index (χ4v) is 3.20. The Morgan fingerprint density at radius 2 is 1.86 bits per heavy atom. The highest BCUT2D eigenvalue weighted by Gasteiger charge is 2.39. The van der Waals surface area contributed by atoms with Gasteiger partial charge in [0.1, 0.15) is 5.82 Å². The van der Waals surface area contributed by atoms with Gasteiger partial charge in [-0.3, -0.25) is 14.5 Å². The molecule has 1 aliphatic rings. The van der Waals surface area contributed by atoms with Gasteiger partial charge in [0.2, 0.25) is 0 Å². The average molecular weight is 394 g/mol. The van der Waals surface area contributed by atoms with Gasteiger partial charge in [-0.25, -0.2) is 10.3 Å². The summed E-state index contributed by atoms with van der Waals surface area (Å²) < 4.78 is 0. The standard InChI is InChI=1S/C23H26N2O4/c1-4-5-10-20-24-29-23(2,3)22(28)25(20)15-16-11-13-17(14-12-16)18-8-6-7-9-19(18)21(26)27/h6-14,24H,4-5,15H2,1-3H3,(H,26,27). The van der Waals surface area contributed by atoms with Gasteiger partial charge in [-0.1, -0.05) is 55.8 Å². The lowest BCUT2D eigenvalue weighted by Gasteiger charge is -2.39. The third-order valence-electron chi connectivity index (χ3n) is 4.85. The van der Waals surface area contributed by atoms with Crippen LogP contribution in [0.4, 0.5) is 0 Å². The van der Waals surface area contributed by atoms with Crippen LogP contribution in [0.15, 0.2) is 60.4 Å². The molecule has 0 aromatic heterocycles. The molecular formula is C23H26N2O4. The molecule has 0 aliphatic carbocycles. The third-order valence-corrected chi connectivity index (χ3v) is 4.85. The van der Waals surface area contributed by atoms with E-state index in [4.69, 9.17) is 4.84 Å². The Labute approximate surface area is 170 Å². The van der Waals surface area contributed by atoms with E-state index >= 15 is 0 Å². The second-order valence-electron chi connectivity index (χ2n) is 7.53. The number of carbonyl (C=O) groups is 2. The van der Waals surface area contributed by atoms with Gasteiger partial charge in [0.15, 0.2) is 5.60 Å². The van der Waals surface area contributed by atoms with Crippen molar-refractivity contribution in [2.75, 3.05) is 0 Å². The zero-order valence-electron chi connectivity index (χ0n) is 16.9. The summed E-state index contributed by atoms with van der Waals surface area (Å²) in [4.78, 5) is 31.6. The van der Waals surface area contributed by atoms with E-state index < -0.39 is 11.6 Å². The highest BCUT2D eigenvalue weighted by Crippen LogP contribution is 2.27. The molecule has 0 unspecified atom stereocenters. The quantitative estimate of drug-likeness (QED) is 0.762. The first-order valence-corrected chi connectivity index (χ1v) is 9.71. The van der Waals surface area contributed by atoms with Crippen molar-refractivity contribution >= 4 is 11.9 Å². The zero-order valence-corrected chi connectivity index (χ0v) is 16.9. The van der Waals surface area contributed by atoms with Crippen LogP contribution in [0.25, 0.3) is 11.1 Å². The number of nitrogens with one attached hydrogen (secondary N) is 1. The Balaban J connectivity index is 1.86. The monoisotopic (exact) mass is 394 g/mol. The Kier molecular flexibility index (Phi) is 6.03. The number of aromatic carboxylic acids is 1. The first kappa shape index (κ1) is 20.6. The van der Waals surface area contributed by atoms with Crippen molar-refractivity contribution in [3.63, 3.8) is 0 Å². The molecule has 0 bridgehead atoms. The van der Waals surface area contributed by atoms with Crippen molar-refractivity contribution in [3.8, 4) is 11.1 Å². The van der Waals surface area contributed by atoms with Crippen molar-refractivity contribution in [2.45, 2.75) is 45.8 Å². The maximum Gasteiger partial charge on any atom is 0.336 e. The Bertz CT molecular complexity index is 932. The predicted octanol–water partition coefficient (Wildman–Crippen LogP) is 4.34. The summed E-state index contributed by atoms with van der Waals surface area (Å²) in [6, 6.07) is 14.5. The van der Waals surface area contributed by atoms with Crippen LogP contribution >= 0.6 is 0 Å². The molecule has 0 radical (unpaired) electrons. The van der Waals surface area contributed by atoms with Gasteiger partial charge in [-0.2, -0.15) is 0 Å². The molecule has 0 atom stereocenters. The number of hydroxylamine groups is 1. The number of rotatable bonds is 6. The van der Waals surface area contributed by atoms with Crippen LogP contribution < -0.4 is 5.48 Å². The second-order valence-corrected chi connectivity index (χ2v) is 7.53. The molecule has 3 rings (SSSR count). The summed E-state index contributed by atoms with van der Waals surface area (Å²) in [5, 5.41) is 9.41. The zero-order chi connectivity index (χ0) is 21.0. The van der Waals surface area contributed by atoms with Gasteiger partial charge in [0, 0.05) is 0 Å². The van der Waals surface area contributed by atoms with Crippen LogP contribution in [0.1, 0.15) is 49.5 Å². The lowest BCUT2D eigenvalue weighted by atomic mass is 9.98. The van der Waals surface area contributed by atoms with Gasteiger partial charge in [0.25, 0.3) is 5.91 Å². The SMILES string of the molecule is CCCC=C1NOC(C)(C)C(=O)N1Cc1ccc(-c2ccccc2C(=O)O)cc1. The molecule has 152 valence electrons. The molecule has 6 nitrogen and oxygen atoms in total. The largest absolute Gasteiger partial charge is 0.478 e. The number of carboxylic acids is 1. The van der Waals surface area contributed by atoms with Crippen LogP contribution in [0, 0.1) is 0 Å². The van der Waals surface area contributed by atoms with Gasteiger partial charge in [-0.05, 0) is 49.1 Å². The van der Waals surface area contributed by atoms with E-state index in [1.165, 1.54) is 0 Å². The lowest BCUT2D eigenvalue weighted by molar-refractivity contribution is -0.176. The minimum Gasteiger partial charge on any atom is -0.478 e. The number of benzene rings is 2. The molecule has 6 heteroatoms. The van der Waals surface area contributed by atoms with Crippen molar-refractivity contribution in [1.82, 2.24) is 10.4 Å². The van der Waals surface area contributed by atoms with Crippen molar-refractivity contribution in [1.29, 1.82) is 0 Å². The first-order valence-electron chi connectivity index (χ1n) is 9.71. The van der Waals surface area contributed by atoms with Gasteiger partial charge in [0.05, 0.1) is 12.1 Å². The third kappa shape index (κ3) is 4.49. The smallest absolute Gasteiger partial charge is 0.336 e. The predicted molar refractivity (Wildman–Crippen MR) is 111 cm³/mol. The molecule has 2 aromatic rings. The number of carboxylic acid groups (broad SMARTS) is 1. The van der Waals surface area contributed by atoms with Crippen molar-refractivity contribution in [2.24, 2.45) is 0 Å². The maximum atomic E-state index is 12.9. The number of hydrogen-bond acceptors (Lipinski definition) is 4.